The molecule has 0 radical (unpaired) electrons. The van der Waals surface area contributed by atoms with Crippen LogP contribution in [0.15, 0.2) is 42.5 Å². The highest BCUT2D eigenvalue weighted by atomic mass is 35.5. The monoisotopic (exact) mass is 262 g/mol. The van der Waals surface area contributed by atoms with Crippen LogP contribution in [-0.2, 0) is 6.42 Å². The van der Waals surface area contributed by atoms with Gasteiger partial charge in [-0.2, -0.15) is 0 Å². The maximum atomic E-state index is 13.2. The van der Waals surface area contributed by atoms with Crippen LogP contribution in [0.5, 0.6) is 0 Å². The normalized spacial score (nSPS) is 12.4. The third kappa shape index (κ3) is 3.11. The van der Waals surface area contributed by atoms with E-state index in [0.717, 1.165) is 11.1 Å². The maximum Gasteiger partial charge on any atom is 0.123 e. The molecule has 0 heterocycles. The summed E-state index contributed by atoms with van der Waals surface area (Å²) in [6.45, 7) is 4.01. The van der Waals surface area contributed by atoms with E-state index < -0.39 is 0 Å². The first-order chi connectivity index (χ1) is 8.56. The van der Waals surface area contributed by atoms with Crippen molar-refractivity contribution in [2.24, 2.45) is 0 Å². The lowest BCUT2D eigenvalue weighted by Gasteiger charge is -2.13. The van der Waals surface area contributed by atoms with Crippen LogP contribution in [0.1, 0.15) is 27.6 Å². The van der Waals surface area contributed by atoms with Crippen molar-refractivity contribution < 1.29 is 4.39 Å². The van der Waals surface area contributed by atoms with Crippen molar-refractivity contribution in [3.05, 3.63) is 70.5 Å². The lowest BCUT2D eigenvalue weighted by Crippen LogP contribution is -1.99. The summed E-state index contributed by atoms with van der Waals surface area (Å²) in [7, 11) is 0. The average molecular weight is 263 g/mol. The van der Waals surface area contributed by atoms with Gasteiger partial charge in [-0.25, -0.2) is 4.39 Å². The largest absolute Gasteiger partial charge is 0.207 e. The van der Waals surface area contributed by atoms with Gasteiger partial charge < -0.3 is 0 Å². The highest BCUT2D eigenvalue weighted by Gasteiger charge is 2.12. The van der Waals surface area contributed by atoms with E-state index in [0.29, 0.717) is 6.42 Å². The smallest absolute Gasteiger partial charge is 0.123 e. The molecule has 0 saturated carbocycles. The van der Waals surface area contributed by atoms with Crippen molar-refractivity contribution in [2.45, 2.75) is 25.6 Å². The molecule has 18 heavy (non-hydrogen) atoms. The number of aryl methyl sites for hydroxylation is 2. The maximum absolute atomic E-state index is 13.2. The molecule has 0 N–H and O–H groups in total. The molecule has 0 aliphatic heterocycles. The van der Waals surface area contributed by atoms with Gasteiger partial charge in [0.1, 0.15) is 5.82 Å². The van der Waals surface area contributed by atoms with Gasteiger partial charge in [-0.05, 0) is 49.1 Å². The van der Waals surface area contributed by atoms with Gasteiger partial charge in [0, 0.05) is 0 Å². The van der Waals surface area contributed by atoms with Crippen LogP contribution in [0.4, 0.5) is 4.39 Å². The fourth-order valence-electron chi connectivity index (χ4n) is 1.99. The molecular formula is C16H16ClF. The Morgan fingerprint density at radius 1 is 1.06 bits per heavy atom. The van der Waals surface area contributed by atoms with Crippen molar-refractivity contribution in [2.75, 3.05) is 0 Å². The fourth-order valence-corrected chi connectivity index (χ4v) is 2.40. The van der Waals surface area contributed by atoms with Gasteiger partial charge in [-0.15, -0.1) is 11.6 Å². The Morgan fingerprint density at radius 3 is 2.39 bits per heavy atom. The summed E-state index contributed by atoms with van der Waals surface area (Å²) in [5.41, 5.74) is 4.30. The molecule has 2 aromatic rings. The number of rotatable bonds is 3. The Balaban J connectivity index is 2.18. The number of hydrogen-bond donors (Lipinski definition) is 0. The molecule has 0 amide bonds. The molecule has 0 aromatic heterocycles. The Kier molecular flexibility index (Phi) is 4.03. The van der Waals surface area contributed by atoms with Crippen molar-refractivity contribution in [3.8, 4) is 0 Å². The lowest BCUT2D eigenvalue weighted by molar-refractivity contribution is 0.624. The molecule has 0 nitrogen and oxygen atoms in total. The molecule has 0 fully saturated rings. The van der Waals surface area contributed by atoms with Gasteiger partial charge >= 0.3 is 0 Å². The first kappa shape index (κ1) is 13.1. The van der Waals surface area contributed by atoms with Gasteiger partial charge in [-0.1, -0.05) is 35.9 Å². The van der Waals surface area contributed by atoms with E-state index in [1.54, 1.807) is 6.07 Å². The molecule has 0 bridgehead atoms. The first-order valence-corrected chi connectivity index (χ1v) is 6.45. The molecular weight excluding hydrogens is 247 g/mol. The summed E-state index contributed by atoms with van der Waals surface area (Å²) in [6, 6.07) is 13.0. The molecule has 1 unspecified atom stereocenters. The van der Waals surface area contributed by atoms with E-state index in [4.69, 9.17) is 11.6 Å². The third-order valence-electron chi connectivity index (χ3n) is 3.11. The van der Waals surface area contributed by atoms with E-state index in [1.165, 1.54) is 23.3 Å². The molecule has 2 aromatic carbocycles. The second-order valence-electron chi connectivity index (χ2n) is 4.66. The fraction of sp³-hybridized carbons (Fsp3) is 0.250. The van der Waals surface area contributed by atoms with Crippen LogP contribution < -0.4 is 0 Å². The number of hydrogen-bond acceptors (Lipinski definition) is 0. The number of benzene rings is 2. The van der Waals surface area contributed by atoms with Crippen molar-refractivity contribution in [1.29, 1.82) is 0 Å². The van der Waals surface area contributed by atoms with Crippen LogP contribution in [0.3, 0.4) is 0 Å². The van der Waals surface area contributed by atoms with Crippen LogP contribution in [0.25, 0.3) is 0 Å². The van der Waals surface area contributed by atoms with Crippen LogP contribution in [-0.4, -0.2) is 0 Å². The van der Waals surface area contributed by atoms with E-state index in [1.807, 2.05) is 6.92 Å². The van der Waals surface area contributed by atoms with Crippen molar-refractivity contribution >= 4 is 11.6 Å². The van der Waals surface area contributed by atoms with Gasteiger partial charge in [-0.3, -0.25) is 0 Å². The Labute approximate surface area is 112 Å². The zero-order chi connectivity index (χ0) is 13.1. The average Bonchev–Trinajstić information content (AvgIpc) is 2.35. The summed E-state index contributed by atoms with van der Waals surface area (Å²) in [5, 5.41) is -0.191. The molecule has 2 rings (SSSR count). The standard InChI is InChI=1S/C16H16ClF/c1-11-3-6-13(7-4-11)9-16(17)15-10-14(18)8-5-12(15)2/h3-8,10,16H,9H2,1-2H3. The zero-order valence-electron chi connectivity index (χ0n) is 10.6. The van der Waals surface area contributed by atoms with Crippen molar-refractivity contribution in [3.63, 3.8) is 0 Å². The minimum atomic E-state index is -0.231. The molecule has 2 heteroatoms. The summed E-state index contributed by atoms with van der Waals surface area (Å²) in [4.78, 5) is 0. The van der Waals surface area contributed by atoms with Crippen LogP contribution in [0.2, 0.25) is 0 Å². The number of halogens is 2. The van der Waals surface area contributed by atoms with E-state index in [9.17, 15) is 4.39 Å². The van der Waals surface area contributed by atoms with E-state index >= 15 is 0 Å². The molecule has 94 valence electrons. The lowest BCUT2D eigenvalue weighted by atomic mass is 9.99. The number of alkyl halides is 1. The van der Waals surface area contributed by atoms with Crippen LogP contribution >= 0.6 is 11.6 Å². The minimum Gasteiger partial charge on any atom is -0.207 e. The molecule has 0 aliphatic carbocycles. The third-order valence-corrected chi connectivity index (χ3v) is 3.50. The van der Waals surface area contributed by atoms with Gasteiger partial charge in [0.25, 0.3) is 0 Å². The van der Waals surface area contributed by atoms with E-state index in [-0.39, 0.29) is 11.2 Å². The van der Waals surface area contributed by atoms with Crippen molar-refractivity contribution in [1.82, 2.24) is 0 Å². The Morgan fingerprint density at radius 2 is 1.72 bits per heavy atom. The van der Waals surface area contributed by atoms with Gasteiger partial charge in [0.05, 0.1) is 5.38 Å². The molecule has 0 spiro atoms. The van der Waals surface area contributed by atoms with E-state index in [2.05, 4.69) is 31.2 Å². The molecule has 0 aliphatic rings. The van der Waals surface area contributed by atoms with Gasteiger partial charge in [0.15, 0.2) is 0 Å². The highest BCUT2D eigenvalue weighted by molar-refractivity contribution is 6.21. The zero-order valence-corrected chi connectivity index (χ0v) is 11.3. The Bertz CT molecular complexity index is 531. The summed E-state index contributed by atoms with van der Waals surface area (Å²) in [6.07, 6.45) is 0.714. The van der Waals surface area contributed by atoms with Crippen LogP contribution in [0, 0.1) is 19.7 Å². The predicted molar refractivity (Wildman–Crippen MR) is 74.6 cm³/mol. The topological polar surface area (TPSA) is 0 Å². The SMILES string of the molecule is Cc1ccc(CC(Cl)c2cc(F)ccc2C)cc1. The summed E-state index contributed by atoms with van der Waals surface area (Å²) < 4.78 is 13.2. The first-order valence-electron chi connectivity index (χ1n) is 6.02. The predicted octanol–water partition coefficient (Wildman–Crippen LogP) is 4.97. The highest BCUT2D eigenvalue weighted by Crippen LogP contribution is 2.28. The second kappa shape index (κ2) is 5.53. The summed E-state index contributed by atoms with van der Waals surface area (Å²) >= 11 is 6.39. The quantitative estimate of drug-likeness (QED) is 0.686. The second-order valence-corrected chi connectivity index (χ2v) is 5.18. The molecule has 1 atom stereocenters. The minimum absolute atomic E-state index is 0.191. The Hall–Kier alpha value is -1.34. The summed E-state index contributed by atoms with van der Waals surface area (Å²) in [5.74, 6) is -0.231. The van der Waals surface area contributed by atoms with Gasteiger partial charge in [0.2, 0.25) is 0 Å². The molecule has 0 saturated heterocycles.